The van der Waals surface area contributed by atoms with Crippen LogP contribution in [0.3, 0.4) is 0 Å². The lowest BCUT2D eigenvalue weighted by atomic mass is 10.00. The molecular weight excluding hydrogens is 215 g/mol. The Kier molecular flexibility index (Phi) is 3.98. The molecule has 0 aliphatic rings. The Bertz CT molecular complexity index is 392. The van der Waals surface area contributed by atoms with Crippen molar-refractivity contribution in [2.45, 2.75) is 25.6 Å². The second-order valence-corrected chi connectivity index (χ2v) is 3.59. The highest BCUT2D eigenvalue weighted by molar-refractivity contribution is 5.67. The Morgan fingerprint density at radius 1 is 1.44 bits per heavy atom. The predicted octanol–water partition coefficient (Wildman–Crippen LogP) is 1.00. The molecule has 16 heavy (non-hydrogen) atoms. The molecule has 0 fully saturated rings. The minimum atomic E-state index is -1.53. The molecule has 0 spiro atoms. The second kappa shape index (κ2) is 5.05. The van der Waals surface area contributed by atoms with Crippen LogP contribution in [0.4, 0.5) is 4.39 Å². The summed E-state index contributed by atoms with van der Waals surface area (Å²) in [6.45, 7) is 1.52. The van der Waals surface area contributed by atoms with E-state index in [0.717, 1.165) is 0 Å². The lowest BCUT2D eigenvalue weighted by molar-refractivity contribution is -0.141. The molecule has 1 rings (SSSR count). The van der Waals surface area contributed by atoms with Crippen LogP contribution in [0.5, 0.6) is 0 Å². The van der Waals surface area contributed by atoms with E-state index >= 15 is 0 Å². The van der Waals surface area contributed by atoms with E-state index in [1.165, 1.54) is 25.1 Å². The van der Waals surface area contributed by atoms with Gasteiger partial charge in [0.15, 0.2) is 0 Å². The molecule has 2 atom stereocenters. The average molecular weight is 228 g/mol. The number of rotatable bonds is 4. The fraction of sp³-hybridized carbons (Fsp3) is 0.364. The smallest absolute Gasteiger partial charge is 0.306 e. The quantitative estimate of drug-likeness (QED) is 0.718. The molecule has 0 radical (unpaired) electrons. The minimum absolute atomic E-state index is 0.0891. The molecule has 0 aromatic heterocycles. The molecule has 1 aromatic carbocycles. The predicted molar refractivity (Wildman–Crippen MR) is 54.4 cm³/mol. The zero-order valence-electron chi connectivity index (χ0n) is 8.72. The lowest BCUT2D eigenvalue weighted by Crippen LogP contribution is -2.22. The summed E-state index contributed by atoms with van der Waals surface area (Å²) in [7, 11) is 0. The van der Waals surface area contributed by atoms with Crippen molar-refractivity contribution in [1.82, 2.24) is 0 Å². The molecule has 0 saturated heterocycles. The Labute approximate surface area is 92.0 Å². The van der Waals surface area contributed by atoms with Crippen molar-refractivity contribution in [2.75, 3.05) is 0 Å². The monoisotopic (exact) mass is 228 g/mol. The van der Waals surface area contributed by atoms with Crippen molar-refractivity contribution in [1.29, 1.82) is 0 Å². The van der Waals surface area contributed by atoms with Crippen molar-refractivity contribution in [2.24, 2.45) is 0 Å². The molecule has 5 heteroatoms. The Morgan fingerprint density at radius 2 is 2.06 bits per heavy atom. The summed E-state index contributed by atoms with van der Waals surface area (Å²) < 4.78 is 13.5. The van der Waals surface area contributed by atoms with E-state index in [2.05, 4.69) is 0 Å². The van der Waals surface area contributed by atoms with Gasteiger partial charge in [-0.1, -0.05) is 18.2 Å². The van der Waals surface area contributed by atoms with Crippen molar-refractivity contribution in [3.05, 3.63) is 35.1 Å². The molecule has 0 bridgehead atoms. The van der Waals surface area contributed by atoms with E-state index in [1.54, 1.807) is 0 Å². The van der Waals surface area contributed by atoms with E-state index in [9.17, 15) is 19.4 Å². The van der Waals surface area contributed by atoms with Crippen LogP contribution in [-0.4, -0.2) is 27.4 Å². The molecule has 3 N–H and O–H groups in total. The standard InChI is InChI=1S/C11H13FO4/c1-6-3-2-4-7(10(6)12)11(16)8(13)5-9(14)15/h2-4,8,11,13,16H,5H2,1H3,(H,14,15). The summed E-state index contributed by atoms with van der Waals surface area (Å²) in [6.07, 6.45) is -3.68. The van der Waals surface area contributed by atoms with E-state index in [4.69, 9.17) is 5.11 Å². The number of aliphatic carboxylic acids is 1. The van der Waals surface area contributed by atoms with Crippen molar-refractivity contribution >= 4 is 5.97 Å². The molecule has 0 heterocycles. The van der Waals surface area contributed by atoms with Crippen molar-refractivity contribution in [3.8, 4) is 0 Å². The molecule has 1 aromatic rings. The highest BCUT2D eigenvalue weighted by Crippen LogP contribution is 2.23. The molecule has 0 aliphatic carbocycles. The zero-order chi connectivity index (χ0) is 12.3. The summed E-state index contributed by atoms with van der Waals surface area (Å²) in [5.41, 5.74) is 0.243. The van der Waals surface area contributed by atoms with Crippen LogP contribution in [0.15, 0.2) is 18.2 Å². The lowest BCUT2D eigenvalue weighted by Gasteiger charge is -2.17. The SMILES string of the molecule is Cc1cccc(C(O)C(O)CC(=O)O)c1F. The Balaban J connectivity index is 2.91. The van der Waals surface area contributed by atoms with Gasteiger partial charge in [-0.25, -0.2) is 4.39 Å². The van der Waals surface area contributed by atoms with Crippen LogP contribution >= 0.6 is 0 Å². The van der Waals surface area contributed by atoms with Gasteiger partial charge in [0.05, 0.1) is 12.5 Å². The van der Waals surface area contributed by atoms with E-state index in [-0.39, 0.29) is 5.56 Å². The summed E-state index contributed by atoms with van der Waals surface area (Å²) in [5, 5.41) is 27.4. The van der Waals surface area contributed by atoms with Gasteiger partial charge in [-0.2, -0.15) is 0 Å². The number of aliphatic hydroxyl groups is 2. The first kappa shape index (κ1) is 12.6. The first-order chi connectivity index (χ1) is 7.43. The summed E-state index contributed by atoms with van der Waals surface area (Å²) in [5.74, 6) is -1.88. The third kappa shape index (κ3) is 2.77. The Morgan fingerprint density at radius 3 is 2.62 bits per heavy atom. The van der Waals surface area contributed by atoms with E-state index in [1.807, 2.05) is 0 Å². The molecule has 4 nitrogen and oxygen atoms in total. The van der Waals surface area contributed by atoms with Crippen LogP contribution in [0.2, 0.25) is 0 Å². The fourth-order valence-electron chi connectivity index (χ4n) is 1.40. The number of aryl methyl sites for hydroxylation is 1. The van der Waals surface area contributed by atoms with Gasteiger partial charge in [-0.05, 0) is 12.5 Å². The topological polar surface area (TPSA) is 77.8 Å². The molecule has 0 amide bonds. The van der Waals surface area contributed by atoms with Crippen LogP contribution < -0.4 is 0 Å². The van der Waals surface area contributed by atoms with Gasteiger partial charge in [-0.3, -0.25) is 4.79 Å². The van der Waals surface area contributed by atoms with Gasteiger partial charge >= 0.3 is 5.97 Å². The maximum absolute atomic E-state index is 13.5. The van der Waals surface area contributed by atoms with Gasteiger partial charge in [0.25, 0.3) is 0 Å². The zero-order valence-corrected chi connectivity index (χ0v) is 8.72. The number of hydrogen-bond donors (Lipinski definition) is 3. The van der Waals surface area contributed by atoms with Gasteiger partial charge in [0, 0.05) is 5.56 Å². The third-order valence-corrected chi connectivity index (χ3v) is 2.29. The molecular formula is C11H13FO4. The second-order valence-electron chi connectivity index (χ2n) is 3.59. The fourth-order valence-corrected chi connectivity index (χ4v) is 1.40. The number of benzene rings is 1. The number of carboxylic acid groups (broad SMARTS) is 1. The molecule has 0 aliphatic heterocycles. The molecule has 88 valence electrons. The highest BCUT2D eigenvalue weighted by atomic mass is 19.1. The van der Waals surface area contributed by atoms with E-state index < -0.39 is 30.4 Å². The van der Waals surface area contributed by atoms with Crippen LogP contribution in [0.25, 0.3) is 0 Å². The number of carbonyl (C=O) groups is 1. The molecule has 0 saturated carbocycles. The maximum atomic E-state index is 13.5. The van der Waals surface area contributed by atoms with Crippen LogP contribution in [0.1, 0.15) is 23.7 Å². The number of aliphatic hydroxyl groups excluding tert-OH is 2. The number of halogens is 1. The Hall–Kier alpha value is -1.46. The summed E-state index contributed by atoms with van der Waals surface area (Å²) >= 11 is 0. The third-order valence-electron chi connectivity index (χ3n) is 2.29. The normalized spacial score (nSPS) is 14.5. The average Bonchev–Trinajstić information content (AvgIpc) is 2.20. The van der Waals surface area contributed by atoms with Gasteiger partial charge in [-0.15, -0.1) is 0 Å². The summed E-state index contributed by atoms with van der Waals surface area (Å²) in [4.78, 5) is 10.3. The molecule has 2 unspecified atom stereocenters. The van der Waals surface area contributed by atoms with Crippen molar-refractivity contribution < 1.29 is 24.5 Å². The van der Waals surface area contributed by atoms with Gasteiger partial charge < -0.3 is 15.3 Å². The van der Waals surface area contributed by atoms with Gasteiger partial charge in [0.1, 0.15) is 11.9 Å². The highest BCUT2D eigenvalue weighted by Gasteiger charge is 2.24. The number of hydrogen-bond acceptors (Lipinski definition) is 3. The van der Waals surface area contributed by atoms with Gasteiger partial charge in [0.2, 0.25) is 0 Å². The largest absolute Gasteiger partial charge is 0.481 e. The van der Waals surface area contributed by atoms with E-state index in [0.29, 0.717) is 5.56 Å². The summed E-state index contributed by atoms with van der Waals surface area (Å²) in [6, 6.07) is 4.37. The minimum Gasteiger partial charge on any atom is -0.481 e. The first-order valence-corrected chi connectivity index (χ1v) is 4.76. The number of carboxylic acids is 1. The first-order valence-electron chi connectivity index (χ1n) is 4.76. The van der Waals surface area contributed by atoms with Crippen LogP contribution in [-0.2, 0) is 4.79 Å². The van der Waals surface area contributed by atoms with Crippen molar-refractivity contribution in [3.63, 3.8) is 0 Å². The maximum Gasteiger partial charge on any atom is 0.306 e. The van der Waals surface area contributed by atoms with Crippen LogP contribution in [0, 0.1) is 12.7 Å².